The number of hydrogen-bond acceptors (Lipinski definition) is 8. The maximum atomic E-state index is 11.5. The standard InChI is InChI=1S/C18H25N5O4/c1-4-26-15-11-14(23-6-8-25-9-7-23)16(27-5-2)10-13(15)19-17-12(3)21-22-18(24)20-17/h10-11H,4-9H2,1-3H3,(H2,19,20,22,24). The lowest BCUT2D eigenvalue weighted by Gasteiger charge is -2.31. The third-order valence-electron chi connectivity index (χ3n) is 4.14. The van der Waals surface area contributed by atoms with Crippen LogP contribution in [0.15, 0.2) is 16.9 Å². The van der Waals surface area contributed by atoms with Gasteiger partial charge < -0.3 is 24.4 Å². The Balaban J connectivity index is 2.02. The van der Waals surface area contributed by atoms with Crippen molar-refractivity contribution in [3.05, 3.63) is 28.3 Å². The van der Waals surface area contributed by atoms with E-state index < -0.39 is 5.69 Å². The fourth-order valence-corrected chi connectivity index (χ4v) is 2.88. The average molecular weight is 375 g/mol. The monoisotopic (exact) mass is 375 g/mol. The molecule has 2 aromatic rings. The number of morpholine rings is 1. The van der Waals surface area contributed by atoms with Gasteiger partial charge in [0.25, 0.3) is 0 Å². The van der Waals surface area contributed by atoms with Gasteiger partial charge in [-0.25, -0.2) is 9.89 Å². The van der Waals surface area contributed by atoms with Gasteiger partial charge >= 0.3 is 5.69 Å². The van der Waals surface area contributed by atoms with Crippen molar-refractivity contribution in [2.24, 2.45) is 0 Å². The molecule has 0 radical (unpaired) electrons. The van der Waals surface area contributed by atoms with E-state index in [4.69, 9.17) is 14.2 Å². The number of hydrogen-bond donors (Lipinski definition) is 2. The summed E-state index contributed by atoms with van der Waals surface area (Å²) < 4.78 is 17.2. The highest BCUT2D eigenvalue weighted by atomic mass is 16.5. The first-order valence-corrected chi connectivity index (χ1v) is 9.09. The van der Waals surface area contributed by atoms with E-state index in [9.17, 15) is 4.79 Å². The minimum Gasteiger partial charge on any atom is -0.492 e. The summed E-state index contributed by atoms with van der Waals surface area (Å²) in [5.74, 6) is 1.77. The third-order valence-corrected chi connectivity index (χ3v) is 4.14. The van der Waals surface area contributed by atoms with Crippen LogP contribution in [0, 0.1) is 6.92 Å². The molecule has 3 rings (SSSR count). The highest BCUT2D eigenvalue weighted by Gasteiger charge is 2.20. The highest BCUT2D eigenvalue weighted by molar-refractivity contribution is 5.75. The molecular formula is C18H25N5O4. The number of rotatable bonds is 7. The van der Waals surface area contributed by atoms with Gasteiger partial charge in [0.1, 0.15) is 17.2 Å². The molecule has 1 aromatic carbocycles. The number of H-pyrrole nitrogens is 1. The Morgan fingerprint density at radius 1 is 1.19 bits per heavy atom. The summed E-state index contributed by atoms with van der Waals surface area (Å²) in [4.78, 5) is 17.7. The quantitative estimate of drug-likeness (QED) is 0.756. The number of nitrogens with zero attached hydrogens (tertiary/aromatic N) is 3. The van der Waals surface area contributed by atoms with E-state index in [0.717, 1.165) is 24.5 Å². The third kappa shape index (κ3) is 4.48. The van der Waals surface area contributed by atoms with E-state index in [-0.39, 0.29) is 0 Å². The maximum absolute atomic E-state index is 11.5. The molecule has 0 spiro atoms. The van der Waals surface area contributed by atoms with Crippen LogP contribution in [0.2, 0.25) is 0 Å². The Bertz CT molecular complexity index is 833. The Morgan fingerprint density at radius 2 is 1.89 bits per heavy atom. The molecule has 0 bridgehead atoms. The Hall–Kier alpha value is -2.81. The maximum Gasteiger partial charge on any atom is 0.363 e. The second-order valence-corrected chi connectivity index (χ2v) is 5.98. The molecule has 2 N–H and O–H groups in total. The van der Waals surface area contributed by atoms with Gasteiger partial charge in [0.05, 0.1) is 37.8 Å². The molecule has 9 nitrogen and oxygen atoms in total. The van der Waals surface area contributed by atoms with E-state index in [1.165, 1.54) is 0 Å². The van der Waals surface area contributed by atoms with Crippen LogP contribution in [-0.4, -0.2) is 54.7 Å². The van der Waals surface area contributed by atoms with Crippen LogP contribution in [0.4, 0.5) is 17.2 Å². The van der Waals surface area contributed by atoms with Gasteiger partial charge in [-0.05, 0) is 20.8 Å². The number of aromatic amines is 1. The van der Waals surface area contributed by atoms with Crippen molar-refractivity contribution >= 4 is 17.2 Å². The Kier molecular flexibility index (Phi) is 6.12. The number of anilines is 3. The van der Waals surface area contributed by atoms with Gasteiger partial charge in [0, 0.05) is 25.2 Å². The van der Waals surface area contributed by atoms with Crippen molar-refractivity contribution in [1.29, 1.82) is 0 Å². The second kappa shape index (κ2) is 8.72. The molecule has 1 aliphatic rings. The van der Waals surface area contributed by atoms with E-state index in [2.05, 4.69) is 25.4 Å². The molecule has 0 saturated carbocycles. The summed E-state index contributed by atoms with van der Waals surface area (Å²) in [6, 6.07) is 3.83. The Morgan fingerprint density at radius 3 is 2.59 bits per heavy atom. The zero-order valence-electron chi connectivity index (χ0n) is 15.9. The van der Waals surface area contributed by atoms with Crippen LogP contribution in [0.25, 0.3) is 0 Å². The van der Waals surface area contributed by atoms with Crippen molar-refractivity contribution in [2.75, 3.05) is 49.7 Å². The number of ether oxygens (including phenoxy) is 3. The first kappa shape index (κ1) is 19.0. The molecule has 0 atom stereocenters. The molecule has 27 heavy (non-hydrogen) atoms. The number of nitrogens with one attached hydrogen (secondary N) is 2. The van der Waals surface area contributed by atoms with Gasteiger partial charge in [-0.2, -0.15) is 10.1 Å². The highest BCUT2D eigenvalue weighted by Crippen LogP contribution is 2.40. The van der Waals surface area contributed by atoms with Crippen molar-refractivity contribution in [3.63, 3.8) is 0 Å². The van der Waals surface area contributed by atoms with Crippen LogP contribution in [0.5, 0.6) is 11.5 Å². The van der Waals surface area contributed by atoms with Crippen molar-refractivity contribution in [3.8, 4) is 11.5 Å². The molecule has 2 heterocycles. The minimum atomic E-state index is -0.518. The van der Waals surface area contributed by atoms with Crippen molar-refractivity contribution in [1.82, 2.24) is 15.2 Å². The normalized spacial score (nSPS) is 14.1. The second-order valence-electron chi connectivity index (χ2n) is 5.98. The van der Waals surface area contributed by atoms with Gasteiger partial charge in [-0.15, -0.1) is 0 Å². The molecule has 9 heteroatoms. The van der Waals surface area contributed by atoms with Crippen LogP contribution >= 0.6 is 0 Å². The van der Waals surface area contributed by atoms with Gasteiger partial charge in [-0.1, -0.05) is 0 Å². The molecular weight excluding hydrogens is 350 g/mol. The Labute approximate surface area is 157 Å². The van der Waals surface area contributed by atoms with E-state index in [1.54, 1.807) is 6.92 Å². The zero-order valence-corrected chi connectivity index (χ0v) is 15.9. The van der Waals surface area contributed by atoms with Crippen molar-refractivity contribution in [2.45, 2.75) is 20.8 Å². The molecule has 0 aliphatic carbocycles. The summed E-state index contributed by atoms with van der Waals surface area (Å²) in [7, 11) is 0. The summed E-state index contributed by atoms with van der Waals surface area (Å²) in [6.07, 6.45) is 0. The first-order chi connectivity index (χ1) is 13.1. The molecule has 1 fully saturated rings. The molecule has 1 saturated heterocycles. The molecule has 0 amide bonds. The molecule has 1 aromatic heterocycles. The lowest BCUT2D eigenvalue weighted by atomic mass is 10.2. The summed E-state index contributed by atoms with van der Waals surface area (Å²) in [5.41, 5.74) is 1.69. The predicted molar refractivity (Wildman–Crippen MR) is 102 cm³/mol. The SMILES string of the molecule is CCOc1cc(N2CCOCC2)c(OCC)cc1Nc1nc(=O)[nH]nc1C. The fourth-order valence-electron chi connectivity index (χ4n) is 2.88. The van der Waals surface area contributed by atoms with E-state index in [1.807, 2.05) is 26.0 Å². The lowest BCUT2D eigenvalue weighted by molar-refractivity contribution is 0.122. The summed E-state index contributed by atoms with van der Waals surface area (Å²) in [6.45, 7) is 9.60. The topological polar surface area (TPSA) is 102 Å². The summed E-state index contributed by atoms with van der Waals surface area (Å²) >= 11 is 0. The largest absolute Gasteiger partial charge is 0.492 e. The van der Waals surface area contributed by atoms with Crippen LogP contribution in [-0.2, 0) is 4.74 Å². The van der Waals surface area contributed by atoms with Gasteiger partial charge in [0.2, 0.25) is 0 Å². The van der Waals surface area contributed by atoms with Gasteiger partial charge in [0.15, 0.2) is 5.82 Å². The van der Waals surface area contributed by atoms with E-state index >= 15 is 0 Å². The van der Waals surface area contributed by atoms with Crippen molar-refractivity contribution < 1.29 is 14.2 Å². The fraction of sp³-hybridized carbons (Fsp3) is 0.500. The minimum absolute atomic E-state index is 0.376. The van der Waals surface area contributed by atoms with Crippen LogP contribution < -0.4 is 25.4 Å². The number of benzene rings is 1. The van der Waals surface area contributed by atoms with E-state index in [0.29, 0.717) is 49.4 Å². The lowest BCUT2D eigenvalue weighted by Crippen LogP contribution is -2.36. The molecule has 1 aliphatic heterocycles. The van der Waals surface area contributed by atoms with Gasteiger partial charge in [-0.3, -0.25) is 0 Å². The zero-order chi connectivity index (χ0) is 19.2. The number of aryl methyl sites for hydroxylation is 1. The summed E-state index contributed by atoms with van der Waals surface area (Å²) in [5, 5.41) is 9.42. The molecule has 146 valence electrons. The average Bonchev–Trinajstić information content (AvgIpc) is 2.67. The molecule has 0 unspecified atom stereocenters. The smallest absolute Gasteiger partial charge is 0.363 e. The number of aromatic nitrogens is 3. The first-order valence-electron chi connectivity index (χ1n) is 9.09. The predicted octanol–water partition coefficient (Wildman–Crippen LogP) is 1.85. The van der Waals surface area contributed by atoms with Crippen LogP contribution in [0.3, 0.4) is 0 Å². The van der Waals surface area contributed by atoms with Crippen LogP contribution in [0.1, 0.15) is 19.5 Å².